The van der Waals surface area contributed by atoms with Crippen LogP contribution in [0.2, 0.25) is 0 Å². The lowest BCUT2D eigenvalue weighted by atomic mass is 10.2. The molecule has 0 saturated heterocycles. The third-order valence-corrected chi connectivity index (χ3v) is 3.74. The summed E-state index contributed by atoms with van der Waals surface area (Å²) in [6, 6.07) is 6.75. The molecule has 17 heavy (non-hydrogen) atoms. The standard InChI is InChI=1S/C12H16N2O2S/c1-4-7-10(2)14-11-8-5-6-9-12(11)17(15,16)13-3/h1,5-6,8-10,13-14H,7H2,2-3H3. The highest BCUT2D eigenvalue weighted by Crippen LogP contribution is 2.21. The van der Waals surface area contributed by atoms with Gasteiger partial charge in [0.1, 0.15) is 4.90 Å². The SMILES string of the molecule is C#CCC(C)Nc1ccccc1S(=O)(=O)NC. The van der Waals surface area contributed by atoms with E-state index in [1.807, 2.05) is 6.92 Å². The first kappa shape index (κ1) is 13.6. The van der Waals surface area contributed by atoms with Gasteiger partial charge in [-0.2, -0.15) is 0 Å². The van der Waals surface area contributed by atoms with Crippen LogP contribution in [0.15, 0.2) is 29.2 Å². The van der Waals surface area contributed by atoms with Gasteiger partial charge in [-0.25, -0.2) is 13.1 Å². The quantitative estimate of drug-likeness (QED) is 0.779. The molecule has 2 N–H and O–H groups in total. The van der Waals surface area contributed by atoms with E-state index in [2.05, 4.69) is 16.0 Å². The van der Waals surface area contributed by atoms with Gasteiger partial charge in [-0.1, -0.05) is 12.1 Å². The van der Waals surface area contributed by atoms with Gasteiger partial charge < -0.3 is 5.32 Å². The van der Waals surface area contributed by atoms with E-state index in [4.69, 9.17) is 6.42 Å². The van der Waals surface area contributed by atoms with Crippen LogP contribution < -0.4 is 10.0 Å². The zero-order chi connectivity index (χ0) is 12.9. The lowest BCUT2D eigenvalue weighted by molar-refractivity contribution is 0.588. The number of sulfonamides is 1. The van der Waals surface area contributed by atoms with Crippen LogP contribution in [0, 0.1) is 12.3 Å². The molecule has 4 nitrogen and oxygen atoms in total. The Labute approximate surface area is 102 Å². The Morgan fingerprint density at radius 2 is 2.06 bits per heavy atom. The second-order valence-corrected chi connectivity index (χ2v) is 5.51. The number of para-hydroxylation sites is 1. The molecule has 1 rings (SSSR count). The minimum Gasteiger partial charge on any atom is -0.381 e. The highest BCUT2D eigenvalue weighted by molar-refractivity contribution is 7.89. The fourth-order valence-corrected chi connectivity index (χ4v) is 2.32. The smallest absolute Gasteiger partial charge is 0.242 e. The highest BCUT2D eigenvalue weighted by Gasteiger charge is 2.16. The molecule has 1 aromatic carbocycles. The number of benzene rings is 1. The van der Waals surface area contributed by atoms with E-state index in [0.717, 1.165) is 0 Å². The molecule has 92 valence electrons. The zero-order valence-corrected chi connectivity index (χ0v) is 10.7. The van der Waals surface area contributed by atoms with Gasteiger partial charge in [0.25, 0.3) is 0 Å². The van der Waals surface area contributed by atoms with Crippen molar-refractivity contribution in [3.8, 4) is 12.3 Å². The molecule has 5 heteroatoms. The molecule has 0 heterocycles. The monoisotopic (exact) mass is 252 g/mol. The first-order valence-corrected chi connectivity index (χ1v) is 6.72. The summed E-state index contributed by atoms with van der Waals surface area (Å²) >= 11 is 0. The van der Waals surface area contributed by atoms with Gasteiger partial charge in [-0.3, -0.25) is 0 Å². The third-order valence-electron chi connectivity index (χ3n) is 2.27. The van der Waals surface area contributed by atoms with E-state index in [0.29, 0.717) is 12.1 Å². The lowest BCUT2D eigenvalue weighted by Gasteiger charge is -2.16. The Hall–Kier alpha value is -1.51. The van der Waals surface area contributed by atoms with E-state index in [1.165, 1.54) is 7.05 Å². The molecule has 0 amide bonds. The Bertz CT molecular complexity index is 518. The van der Waals surface area contributed by atoms with Crippen LogP contribution in [0.25, 0.3) is 0 Å². The van der Waals surface area contributed by atoms with E-state index in [9.17, 15) is 8.42 Å². The molecule has 1 atom stereocenters. The minimum absolute atomic E-state index is 0.0215. The van der Waals surface area contributed by atoms with Crippen LogP contribution in [-0.2, 0) is 10.0 Å². The van der Waals surface area contributed by atoms with E-state index < -0.39 is 10.0 Å². The van der Waals surface area contributed by atoms with Gasteiger partial charge in [-0.05, 0) is 26.1 Å². The maximum atomic E-state index is 11.8. The normalized spacial score (nSPS) is 12.8. The van der Waals surface area contributed by atoms with Crippen molar-refractivity contribution in [2.75, 3.05) is 12.4 Å². The maximum Gasteiger partial charge on any atom is 0.242 e. The van der Waals surface area contributed by atoms with E-state index in [-0.39, 0.29) is 10.9 Å². The highest BCUT2D eigenvalue weighted by atomic mass is 32.2. The molecule has 0 saturated carbocycles. The van der Waals surface area contributed by atoms with Crippen LogP contribution in [-0.4, -0.2) is 21.5 Å². The molecule has 0 radical (unpaired) electrons. The molecule has 1 unspecified atom stereocenters. The average molecular weight is 252 g/mol. The van der Waals surface area contributed by atoms with Gasteiger partial charge in [-0.15, -0.1) is 12.3 Å². The van der Waals surface area contributed by atoms with Gasteiger partial charge in [0.05, 0.1) is 5.69 Å². The minimum atomic E-state index is -3.45. The zero-order valence-electron chi connectivity index (χ0n) is 9.90. The number of hydrogen-bond acceptors (Lipinski definition) is 3. The van der Waals surface area contributed by atoms with Gasteiger partial charge in [0.15, 0.2) is 0 Å². The molecule has 0 fully saturated rings. The molecular weight excluding hydrogens is 236 g/mol. The van der Waals surface area contributed by atoms with Crippen LogP contribution in [0.5, 0.6) is 0 Å². The van der Waals surface area contributed by atoms with Crippen molar-refractivity contribution in [1.82, 2.24) is 4.72 Å². The van der Waals surface area contributed by atoms with Crippen LogP contribution >= 0.6 is 0 Å². The predicted molar refractivity (Wildman–Crippen MR) is 69.2 cm³/mol. The number of rotatable bonds is 5. The predicted octanol–water partition coefficient (Wildman–Crippen LogP) is 1.42. The number of hydrogen-bond donors (Lipinski definition) is 2. The van der Waals surface area contributed by atoms with E-state index in [1.54, 1.807) is 24.3 Å². The molecule has 1 aromatic rings. The number of terminal acetylenes is 1. The summed E-state index contributed by atoms with van der Waals surface area (Å²) in [5.41, 5.74) is 0.560. The maximum absolute atomic E-state index is 11.8. The van der Waals surface area contributed by atoms with Crippen LogP contribution in [0.1, 0.15) is 13.3 Å². The molecule has 0 aliphatic rings. The Kier molecular flexibility index (Phi) is 4.55. The van der Waals surface area contributed by atoms with Gasteiger partial charge >= 0.3 is 0 Å². The molecule has 0 aliphatic carbocycles. The molecule has 0 bridgehead atoms. The summed E-state index contributed by atoms with van der Waals surface area (Å²) in [6.07, 6.45) is 5.75. The van der Waals surface area contributed by atoms with Crippen molar-refractivity contribution in [2.24, 2.45) is 0 Å². The number of anilines is 1. The summed E-state index contributed by atoms with van der Waals surface area (Å²) in [7, 11) is -2.07. The Morgan fingerprint density at radius 3 is 2.65 bits per heavy atom. The summed E-state index contributed by atoms with van der Waals surface area (Å²) in [4.78, 5) is 0.228. The number of nitrogens with one attached hydrogen (secondary N) is 2. The summed E-state index contributed by atoms with van der Waals surface area (Å²) in [5, 5.41) is 3.09. The van der Waals surface area contributed by atoms with Crippen LogP contribution in [0.4, 0.5) is 5.69 Å². The van der Waals surface area contributed by atoms with Gasteiger partial charge in [0, 0.05) is 12.5 Å². The molecule has 0 aromatic heterocycles. The Balaban J connectivity index is 3.06. The van der Waals surface area contributed by atoms with Crippen LogP contribution in [0.3, 0.4) is 0 Å². The van der Waals surface area contributed by atoms with Crippen molar-refractivity contribution in [1.29, 1.82) is 0 Å². The van der Waals surface area contributed by atoms with Gasteiger partial charge in [0.2, 0.25) is 10.0 Å². The first-order chi connectivity index (χ1) is 8.01. The van der Waals surface area contributed by atoms with Crippen molar-refractivity contribution >= 4 is 15.7 Å². The first-order valence-electron chi connectivity index (χ1n) is 5.24. The van der Waals surface area contributed by atoms with Crippen molar-refractivity contribution in [2.45, 2.75) is 24.3 Å². The van der Waals surface area contributed by atoms with Crippen molar-refractivity contribution in [3.63, 3.8) is 0 Å². The van der Waals surface area contributed by atoms with Crippen molar-refractivity contribution in [3.05, 3.63) is 24.3 Å². The summed E-state index contributed by atoms with van der Waals surface area (Å²) in [5.74, 6) is 2.53. The molecule has 0 spiro atoms. The van der Waals surface area contributed by atoms with Crippen molar-refractivity contribution < 1.29 is 8.42 Å². The summed E-state index contributed by atoms with van der Waals surface area (Å²) < 4.78 is 25.8. The second-order valence-electron chi connectivity index (χ2n) is 3.66. The average Bonchev–Trinajstić information content (AvgIpc) is 2.30. The third kappa shape index (κ3) is 3.48. The summed E-state index contributed by atoms with van der Waals surface area (Å²) in [6.45, 7) is 1.91. The van der Waals surface area contributed by atoms with E-state index >= 15 is 0 Å². The fraction of sp³-hybridized carbons (Fsp3) is 0.333. The Morgan fingerprint density at radius 1 is 1.41 bits per heavy atom. The fourth-order valence-electron chi connectivity index (χ4n) is 1.42. The molecular formula is C12H16N2O2S. The topological polar surface area (TPSA) is 58.2 Å². The molecule has 0 aliphatic heterocycles. The lowest BCUT2D eigenvalue weighted by Crippen LogP contribution is -2.22. The largest absolute Gasteiger partial charge is 0.381 e. The second kappa shape index (κ2) is 5.71.